The number of methoxy groups -OCH3 is 1. The number of nitrogens with one attached hydrogen (secondary N) is 1. The van der Waals surface area contributed by atoms with Gasteiger partial charge < -0.3 is 4.74 Å². The maximum atomic E-state index is 12.8. The van der Waals surface area contributed by atoms with Gasteiger partial charge in [0.15, 0.2) is 0 Å². The van der Waals surface area contributed by atoms with Crippen LogP contribution in [0.5, 0.6) is 0 Å². The third-order valence-electron chi connectivity index (χ3n) is 3.12. The molecule has 10 heteroatoms. The number of benzene rings is 2. The maximum absolute atomic E-state index is 12.8. The van der Waals surface area contributed by atoms with E-state index in [-0.39, 0.29) is 11.3 Å². The normalized spacial score (nSPS) is 11.9. The van der Waals surface area contributed by atoms with Gasteiger partial charge in [0.1, 0.15) is 4.90 Å². The molecule has 5 nitrogen and oxygen atoms in total. The lowest BCUT2D eigenvalue weighted by Gasteiger charge is -2.14. The number of para-hydroxylation sites is 1. The zero-order valence-corrected chi connectivity index (χ0v) is 14.2. The van der Waals surface area contributed by atoms with Crippen LogP contribution >= 0.6 is 11.6 Å². The molecule has 0 aliphatic rings. The second-order valence-corrected chi connectivity index (χ2v) is 6.84. The first-order valence-corrected chi connectivity index (χ1v) is 8.49. The minimum Gasteiger partial charge on any atom is -0.465 e. The van der Waals surface area contributed by atoms with Crippen LogP contribution in [0.1, 0.15) is 15.9 Å². The summed E-state index contributed by atoms with van der Waals surface area (Å²) < 4.78 is 69.9. The summed E-state index contributed by atoms with van der Waals surface area (Å²) in [6.45, 7) is 0. The predicted octanol–water partition coefficient (Wildman–Crippen LogP) is 3.95. The summed E-state index contributed by atoms with van der Waals surface area (Å²) in [6.07, 6.45) is -4.74. The Labute approximate surface area is 146 Å². The molecule has 0 spiro atoms. The van der Waals surface area contributed by atoms with Gasteiger partial charge in [-0.15, -0.1) is 0 Å². The van der Waals surface area contributed by atoms with E-state index in [1.165, 1.54) is 24.3 Å². The third kappa shape index (κ3) is 4.23. The Morgan fingerprint density at radius 3 is 2.40 bits per heavy atom. The first-order valence-electron chi connectivity index (χ1n) is 6.63. The topological polar surface area (TPSA) is 72.5 Å². The van der Waals surface area contributed by atoms with E-state index in [2.05, 4.69) is 9.46 Å². The lowest BCUT2D eigenvalue weighted by molar-refractivity contribution is -0.137. The molecule has 25 heavy (non-hydrogen) atoms. The van der Waals surface area contributed by atoms with E-state index in [4.69, 9.17) is 11.6 Å². The number of rotatable bonds is 4. The monoisotopic (exact) mass is 393 g/mol. The van der Waals surface area contributed by atoms with E-state index in [1.807, 2.05) is 0 Å². The first kappa shape index (κ1) is 19.1. The molecule has 0 amide bonds. The maximum Gasteiger partial charge on any atom is 0.416 e. The van der Waals surface area contributed by atoms with Crippen LogP contribution in [-0.2, 0) is 20.9 Å². The summed E-state index contributed by atoms with van der Waals surface area (Å²) >= 11 is 5.75. The van der Waals surface area contributed by atoms with Gasteiger partial charge in [-0.05, 0) is 30.3 Å². The number of hydrogen-bond acceptors (Lipinski definition) is 4. The summed E-state index contributed by atoms with van der Waals surface area (Å²) in [5, 5.41) is -0.393. The average molecular weight is 394 g/mol. The number of carbonyl (C=O) groups is 1. The summed E-state index contributed by atoms with van der Waals surface area (Å²) in [5.41, 5.74) is -1.42. The molecule has 1 N–H and O–H groups in total. The number of anilines is 1. The standard InChI is InChI=1S/C15H11ClF3NO4S/c1-24-14(21)10-4-2-3-5-12(10)20-25(22,23)13-8-9(15(17,18)19)6-7-11(13)16/h2-8,20H,1H3. The smallest absolute Gasteiger partial charge is 0.416 e. The molecule has 0 saturated carbocycles. The highest BCUT2D eigenvalue weighted by Crippen LogP contribution is 2.34. The fraction of sp³-hybridized carbons (Fsp3) is 0.133. The zero-order valence-electron chi connectivity index (χ0n) is 12.6. The van der Waals surface area contributed by atoms with E-state index in [1.54, 1.807) is 0 Å². The Balaban J connectivity index is 2.50. The van der Waals surface area contributed by atoms with E-state index < -0.39 is 37.7 Å². The molecule has 134 valence electrons. The van der Waals surface area contributed by atoms with Crippen LogP contribution in [0, 0.1) is 0 Å². The molecular formula is C15H11ClF3NO4S. The second kappa shape index (κ2) is 6.93. The molecule has 0 atom stereocenters. The molecule has 0 radical (unpaired) electrons. The van der Waals surface area contributed by atoms with Gasteiger partial charge in [0.25, 0.3) is 10.0 Å². The molecule has 2 rings (SSSR count). The van der Waals surface area contributed by atoms with Crippen LogP contribution in [0.3, 0.4) is 0 Å². The zero-order chi connectivity index (χ0) is 18.8. The molecule has 0 aliphatic heterocycles. The number of carbonyl (C=O) groups excluding carboxylic acids is 1. The van der Waals surface area contributed by atoms with Gasteiger partial charge in [-0.3, -0.25) is 4.72 Å². The van der Waals surface area contributed by atoms with E-state index in [0.717, 1.165) is 13.2 Å². The minimum atomic E-state index is -4.74. The second-order valence-electron chi connectivity index (χ2n) is 4.79. The van der Waals surface area contributed by atoms with E-state index in [9.17, 15) is 26.4 Å². The summed E-state index contributed by atoms with van der Waals surface area (Å²) in [5.74, 6) is -0.812. The minimum absolute atomic E-state index is 0.100. The van der Waals surface area contributed by atoms with Gasteiger partial charge in [-0.1, -0.05) is 23.7 Å². The number of hydrogen-bond donors (Lipinski definition) is 1. The van der Waals surface area contributed by atoms with Crippen LogP contribution in [0.25, 0.3) is 0 Å². The predicted molar refractivity (Wildman–Crippen MR) is 85.0 cm³/mol. The Morgan fingerprint density at radius 2 is 1.80 bits per heavy atom. The van der Waals surface area contributed by atoms with Gasteiger partial charge >= 0.3 is 12.1 Å². The van der Waals surface area contributed by atoms with Crippen molar-refractivity contribution in [2.24, 2.45) is 0 Å². The number of halogens is 4. The molecule has 0 unspecified atom stereocenters. The molecule has 0 saturated heterocycles. The van der Waals surface area contributed by atoms with E-state index >= 15 is 0 Å². The van der Waals surface area contributed by atoms with Crippen molar-refractivity contribution < 1.29 is 31.1 Å². The van der Waals surface area contributed by atoms with Crippen molar-refractivity contribution in [3.8, 4) is 0 Å². The molecule has 0 aliphatic carbocycles. The molecule has 0 aromatic heterocycles. The Kier molecular flexibility index (Phi) is 5.28. The van der Waals surface area contributed by atoms with Crippen LogP contribution in [0.15, 0.2) is 47.4 Å². The van der Waals surface area contributed by atoms with Gasteiger partial charge in [0.2, 0.25) is 0 Å². The fourth-order valence-corrected chi connectivity index (χ4v) is 3.55. The van der Waals surface area contributed by atoms with Crippen molar-refractivity contribution in [2.75, 3.05) is 11.8 Å². The Bertz CT molecular complexity index is 913. The van der Waals surface area contributed by atoms with Gasteiger partial charge in [0.05, 0.1) is 28.9 Å². The number of sulfonamides is 1. The van der Waals surface area contributed by atoms with Crippen molar-refractivity contribution in [3.63, 3.8) is 0 Å². The summed E-state index contributed by atoms with van der Waals surface area (Å²) in [6, 6.07) is 7.42. The van der Waals surface area contributed by atoms with Crippen molar-refractivity contribution in [1.29, 1.82) is 0 Å². The molecule has 2 aromatic rings. The van der Waals surface area contributed by atoms with Crippen molar-refractivity contribution in [2.45, 2.75) is 11.1 Å². The lowest BCUT2D eigenvalue weighted by Crippen LogP contribution is -2.17. The summed E-state index contributed by atoms with van der Waals surface area (Å²) in [7, 11) is -3.37. The highest BCUT2D eigenvalue weighted by Gasteiger charge is 2.33. The first-order chi connectivity index (χ1) is 11.6. The molecule has 2 aromatic carbocycles. The largest absolute Gasteiger partial charge is 0.465 e. The van der Waals surface area contributed by atoms with Crippen LogP contribution in [-0.4, -0.2) is 21.5 Å². The number of esters is 1. The third-order valence-corrected chi connectivity index (χ3v) is 4.97. The van der Waals surface area contributed by atoms with Gasteiger partial charge in [-0.25, -0.2) is 13.2 Å². The lowest BCUT2D eigenvalue weighted by atomic mass is 10.2. The Hall–Kier alpha value is -2.26. The van der Waals surface area contributed by atoms with Crippen molar-refractivity contribution >= 4 is 33.3 Å². The Morgan fingerprint density at radius 1 is 1.16 bits per heavy atom. The molecule has 0 bridgehead atoms. The van der Waals surface area contributed by atoms with Crippen LogP contribution < -0.4 is 4.72 Å². The quantitative estimate of drug-likeness (QED) is 0.798. The van der Waals surface area contributed by atoms with E-state index in [0.29, 0.717) is 12.1 Å². The van der Waals surface area contributed by atoms with Crippen molar-refractivity contribution in [3.05, 3.63) is 58.6 Å². The molecule has 0 fully saturated rings. The highest BCUT2D eigenvalue weighted by atomic mass is 35.5. The van der Waals surface area contributed by atoms with Crippen molar-refractivity contribution in [1.82, 2.24) is 0 Å². The van der Waals surface area contributed by atoms with Crippen LogP contribution in [0.4, 0.5) is 18.9 Å². The van der Waals surface area contributed by atoms with Gasteiger partial charge in [-0.2, -0.15) is 13.2 Å². The fourth-order valence-electron chi connectivity index (χ4n) is 1.95. The summed E-state index contributed by atoms with van der Waals surface area (Å²) in [4.78, 5) is 10.9. The molecule has 0 heterocycles. The van der Waals surface area contributed by atoms with Gasteiger partial charge in [0, 0.05) is 0 Å². The average Bonchev–Trinajstić information content (AvgIpc) is 2.53. The number of alkyl halides is 3. The molecular weight excluding hydrogens is 383 g/mol. The SMILES string of the molecule is COC(=O)c1ccccc1NS(=O)(=O)c1cc(C(F)(F)F)ccc1Cl. The number of ether oxygens (including phenoxy) is 1. The highest BCUT2D eigenvalue weighted by molar-refractivity contribution is 7.92. The van der Waals surface area contributed by atoms with Crippen LogP contribution in [0.2, 0.25) is 5.02 Å².